The number of fused-ring (bicyclic) bond motifs is 1. The van der Waals surface area contributed by atoms with Crippen LogP contribution in [0.4, 0.5) is 5.69 Å². The number of benzene rings is 2. The molecule has 0 atom stereocenters. The van der Waals surface area contributed by atoms with Crippen LogP contribution in [-0.4, -0.2) is 58.3 Å². The van der Waals surface area contributed by atoms with Crippen molar-refractivity contribution in [3.8, 4) is 11.5 Å². The molecule has 2 amide bonds. The van der Waals surface area contributed by atoms with Gasteiger partial charge in [0.05, 0.1) is 13.1 Å². The van der Waals surface area contributed by atoms with Crippen molar-refractivity contribution < 1.29 is 14.0 Å². The van der Waals surface area contributed by atoms with Crippen LogP contribution in [0, 0.1) is 12.8 Å². The molecule has 2 heterocycles. The standard InChI is InChI=1S/C30H40N6O4/c1-6-36-30(39)40-29(32-36)23-13-14-26(22(4)16-23)34(19-27(37)31-15-9-10-21(2)3)20-28(38)33(5)35-17-24-11-7-8-12-25(24)18-35/h7-8,11-14,16,21H,6,9-10,15,17-20H2,1-5H3,(H,31,37). The SMILES string of the molecule is CCn1nc(-c2ccc(N(CC(=O)NCCCC(C)C)CC(=O)N(C)N3Cc4ccccc4C3)c(C)c2)oc1=O. The lowest BCUT2D eigenvalue weighted by Crippen LogP contribution is -2.48. The maximum atomic E-state index is 13.5. The van der Waals surface area contributed by atoms with Crippen molar-refractivity contribution >= 4 is 17.5 Å². The van der Waals surface area contributed by atoms with E-state index in [0.29, 0.717) is 37.7 Å². The van der Waals surface area contributed by atoms with Gasteiger partial charge in [-0.2, -0.15) is 4.68 Å². The zero-order chi connectivity index (χ0) is 28.8. The lowest BCUT2D eigenvalue weighted by atomic mass is 10.1. The van der Waals surface area contributed by atoms with Gasteiger partial charge in [0.25, 0.3) is 5.91 Å². The molecule has 40 heavy (non-hydrogen) atoms. The Hall–Kier alpha value is -3.92. The van der Waals surface area contributed by atoms with Crippen LogP contribution in [0.3, 0.4) is 0 Å². The molecular weight excluding hydrogens is 508 g/mol. The first-order chi connectivity index (χ1) is 19.2. The second-order valence-corrected chi connectivity index (χ2v) is 10.7. The number of likely N-dealkylation sites (N-methyl/N-ethyl adjacent to an activating group) is 1. The smallest absolute Gasteiger partial charge is 0.388 e. The Morgan fingerprint density at radius 2 is 1.80 bits per heavy atom. The summed E-state index contributed by atoms with van der Waals surface area (Å²) in [6.07, 6.45) is 1.94. The third-order valence-corrected chi connectivity index (χ3v) is 7.24. The Bertz CT molecular complexity index is 1370. The molecule has 0 saturated heterocycles. The highest BCUT2D eigenvalue weighted by atomic mass is 16.4. The fourth-order valence-electron chi connectivity index (χ4n) is 4.91. The monoisotopic (exact) mass is 548 g/mol. The summed E-state index contributed by atoms with van der Waals surface area (Å²) in [6.45, 7) is 10.5. The average molecular weight is 549 g/mol. The molecule has 0 radical (unpaired) electrons. The molecule has 3 aromatic rings. The van der Waals surface area contributed by atoms with E-state index in [1.807, 2.05) is 43.1 Å². The van der Waals surface area contributed by atoms with Crippen LogP contribution in [0.2, 0.25) is 0 Å². The second-order valence-electron chi connectivity index (χ2n) is 10.7. The summed E-state index contributed by atoms with van der Waals surface area (Å²) in [5, 5.41) is 10.9. The van der Waals surface area contributed by atoms with Crippen LogP contribution >= 0.6 is 0 Å². The van der Waals surface area contributed by atoms with Crippen LogP contribution in [0.15, 0.2) is 51.7 Å². The molecule has 1 aliphatic rings. The second kappa shape index (κ2) is 13.0. The quantitative estimate of drug-likeness (QED) is 0.345. The molecule has 1 N–H and O–H groups in total. The van der Waals surface area contributed by atoms with E-state index in [9.17, 15) is 14.4 Å². The summed E-state index contributed by atoms with van der Waals surface area (Å²) in [5.74, 6) is 0.0566. The molecule has 0 fully saturated rings. The fraction of sp³-hybridized carbons (Fsp3) is 0.467. The van der Waals surface area contributed by atoms with Gasteiger partial charge in [-0.25, -0.2) is 9.80 Å². The van der Waals surface area contributed by atoms with Crippen molar-refractivity contribution in [2.75, 3.05) is 31.6 Å². The Morgan fingerprint density at radius 3 is 2.40 bits per heavy atom. The maximum Gasteiger partial charge on any atom is 0.437 e. The number of hydrazine groups is 1. The summed E-state index contributed by atoms with van der Waals surface area (Å²) in [4.78, 5) is 40.2. The third kappa shape index (κ3) is 6.98. The first-order valence-corrected chi connectivity index (χ1v) is 13.9. The lowest BCUT2D eigenvalue weighted by molar-refractivity contribution is -0.145. The number of nitrogens with zero attached hydrogens (tertiary/aromatic N) is 5. The molecule has 1 aromatic heterocycles. The number of carbonyl (C=O) groups is 2. The molecule has 10 nitrogen and oxygen atoms in total. The molecule has 2 aromatic carbocycles. The number of nitrogens with one attached hydrogen (secondary N) is 1. The highest BCUT2D eigenvalue weighted by molar-refractivity contribution is 5.87. The van der Waals surface area contributed by atoms with E-state index in [1.54, 1.807) is 23.0 Å². The molecule has 214 valence electrons. The molecule has 0 saturated carbocycles. The summed E-state index contributed by atoms with van der Waals surface area (Å²) in [6, 6.07) is 13.7. The van der Waals surface area contributed by atoms with Crippen molar-refractivity contribution in [1.82, 2.24) is 25.1 Å². The summed E-state index contributed by atoms with van der Waals surface area (Å²) < 4.78 is 6.58. The zero-order valence-electron chi connectivity index (χ0n) is 24.1. The van der Waals surface area contributed by atoms with E-state index in [2.05, 4.69) is 36.4 Å². The van der Waals surface area contributed by atoms with E-state index in [4.69, 9.17) is 4.42 Å². The van der Waals surface area contributed by atoms with Gasteiger partial charge in [-0.1, -0.05) is 38.1 Å². The molecule has 0 unspecified atom stereocenters. The van der Waals surface area contributed by atoms with Gasteiger partial charge in [0.1, 0.15) is 0 Å². The molecule has 10 heteroatoms. The van der Waals surface area contributed by atoms with E-state index >= 15 is 0 Å². The molecule has 4 rings (SSSR count). The van der Waals surface area contributed by atoms with Crippen molar-refractivity contribution in [3.05, 3.63) is 69.7 Å². The van der Waals surface area contributed by atoms with Crippen molar-refractivity contribution in [2.24, 2.45) is 5.92 Å². The average Bonchev–Trinajstić information content (AvgIpc) is 3.53. The van der Waals surface area contributed by atoms with Gasteiger partial charge in [0, 0.05) is 44.5 Å². The number of rotatable bonds is 12. The minimum Gasteiger partial charge on any atom is -0.388 e. The van der Waals surface area contributed by atoms with Gasteiger partial charge < -0.3 is 14.6 Å². The van der Waals surface area contributed by atoms with Crippen LogP contribution in [-0.2, 0) is 29.2 Å². The molecular formula is C30H40N6O4. The number of hydrogen-bond donors (Lipinski definition) is 1. The normalized spacial score (nSPS) is 12.9. The third-order valence-electron chi connectivity index (χ3n) is 7.24. The van der Waals surface area contributed by atoms with Gasteiger partial charge in [0.15, 0.2) is 0 Å². The van der Waals surface area contributed by atoms with Gasteiger partial charge in [-0.3, -0.25) is 14.6 Å². The van der Waals surface area contributed by atoms with Crippen molar-refractivity contribution in [2.45, 2.75) is 60.2 Å². The Kier molecular flexibility index (Phi) is 9.42. The Balaban J connectivity index is 1.51. The van der Waals surface area contributed by atoms with Gasteiger partial charge in [-0.15, -0.1) is 5.10 Å². The van der Waals surface area contributed by atoms with Crippen LogP contribution < -0.4 is 16.0 Å². The van der Waals surface area contributed by atoms with E-state index in [1.165, 1.54) is 15.8 Å². The first-order valence-electron chi connectivity index (χ1n) is 13.9. The molecule has 0 aliphatic carbocycles. The van der Waals surface area contributed by atoms with Gasteiger partial charge in [0.2, 0.25) is 11.8 Å². The van der Waals surface area contributed by atoms with E-state index < -0.39 is 5.76 Å². The fourth-order valence-corrected chi connectivity index (χ4v) is 4.91. The van der Waals surface area contributed by atoms with E-state index in [0.717, 1.165) is 24.1 Å². The van der Waals surface area contributed by atoms with E-state index in [-0.39, 0.29) is 30.8 Å². The predicted molar refractivity (Wildman–Crippen MR) is 154 cm³/mol. The summed E-state index contributed by atoms with van der Waals surface area (Å²) >= 11 is 0. The highest BCUT2D eigenvalue weighted by Crippen LogP contribution is 2.27. The zero-order valence-corrected chi connectivity index (χ0v) is 24.1. The number of amides is 2. The summed E-state index contributed by atoms with van der Waals surface area (Å²) in [7, 11) is 1.78. The predicted octanol–water partition coefficient (Wildman–Crippen LogP) is 3.58. The van der Waals surface area contributed by atoms with Crippen molar-refractivity contribution in [3.63, 3.8) is 0 Å². The topological polar surface area (TPSA) is 104 Å². The Labute approximate surface area is 235 Å². The van der Waals surface area contributed by atoms with Gasteiger partial charge in [-0.05, 0) is 67.5 Å². The minimum absolute atomic E-state index is 0.0302. The number of hydrogen-bond acceptors (Lipinski definition) is 7. The minimum atomic E-state index is -0.507. The first kappa shape index (κ1) is 29.1. The molecule has 1 aliphatic heterocycles. The van der Waals surface area contributed by atoms with Crippen LogP contribution in [0.1, 0.15) is 50.3 Å². The largest absolute Gasteiger partial charge is 0.437 e. The number of aryl methyl sites for hydroxylation is 2. The van der Waals surface area contributed by atoms with Crippen LogP contribution in [0.25, 0.3) is 11.5 Å². The van der Waals surface area contributed by atoms with Crippen molar-refractivity contribution in [1.29, 1.82) is 0 Å². The summed E-state index contributed by atoms with van der Waals surface area (Å²) in [5.41, 5.74) is 4.67. The number of anilines is 1. The molecule has 0 spiro atoms. The van der Waals surface area contributed by atoms with Crippen LogP contribution in [0.5, 0.6) is 0 Å². The highest BCUT2D eigenvalue weighted by Gasteiger charge is 2.27. The Morgan fingerprint density at radius 1 is 1.10 bits per heavy atom. The maximum absolute atomic E-state index is 13.5. The number of aromatic nitrogens is 2. The lowest BCUT2D eigenvalue weighted by Gasteiger charge is -2.32. The van der Waals surface area contributed by atoms with Gasteiger partial charge >= 0.3 is 5.76 Å². The number of carbonyl (C=O) groups excluding carboxylic acids is 2. The molecule has 0 bridgehead atoms.